The summed E-state index contributed by atoms with van der Waals surface area (Å²) in [6.07, 6.45) is 0.923. The van der Waals surface area contributed by atoms with Gasteiger partial charge in [-0.05, 0) is 30.6 Å². The van der Waals surface area contributed by atoms with E-state index < -0.39 is 0 Å². The summed E-state index contributed by atoms with van der Waals surface area (Å²) >= 11 is 1.77. The van der Waals surface area contributed by atoms with Gasteiger partial charge in [0.15, 0.2) is 0 Å². The summed E-state index contributed by atoms with van der Waals surface area (Å²) in [5.74, 6) is 1.99. The molecule has 18 heavy (non-hydrogen) atoms. The molecule has 0 spiro atoms. The molecule has 2 heterocycles. The normalized spacial score (nSPS) is 13.1. The van der Waals surface area contributed by atoms with Crippen molar-refractivity contribution in [3.8, 4) is 0 Å². The molecule has 0 aliphatic rings. The SMILES string of the molecule is CCc1ccc(C(CN)N(C)Cc2cccs2)o1. The minimum atomic E-state index is 0.146. The molecule has 1 unspecified atom stereocenters. The minimum Gasteiger partial charge on any atom is -0.464 e. The van der Waals surface area contributed by atoms with Crippen LogP contribution in [-0.4, -0.2) is 18.5 Å². The maximum atomic E-state index is 5.89. The Bertz CT molecular complexity index is 464. The number of hydrogen-bond donors (Lipinski definition) is 1. The topological polar surface area (TPSA) is 42.4 Å². The van der Waals surface area contributed by atoms with Crippen molar-refractivity contribution in [2.75, 3.05) is 13.6 Å². The fourth-order valence-electron chi connectivity index (χ4n) is 2.04. The third-order valence-electron chi connectivity index (χ3n) is 3.10. The highest BCUT2D eigenvalue weighted by Gasteiger charge is 2.19. The zero-order chi connectivity index (χ0) is 13.0. The van der Waals surface area contributed by atoms with Gasteiger partial charge in [0.05, 0.1) is 6.04 Å². The van der Waals surface area contributed by atoms with Crippen LogP contribution in [0.25, 0.3) is 0 Å². The Morgan fingerprint density at radius 1 is 1.39 bits per heavy atom. The lowest BCUT2D eigenvalue weighted by atomic mass is 10.2. The quantitative estimate of drug-likeness (QED) is 0.872. The van der Waals surface area contributed by atoms with Crippen molar-refractivity contribution < 1.29 is 4.42 Å². The van der Waals surface area contributed by atoms with Crippen LogP contribution in [0, 0.1) is 0 Å². The minimum absolute atomic E-state index is 0.146. The third kappa shape index (κ3) is 3.02. The summed E-state index contributed by atoms with van der Waals surface area (Å²) in [5.41, 5.74) is 5.89. The van der Waals surface area contributed by atoms with E-state index in [0.717, 1.165) is 24.5 Å². The molecular formula is C14H20N2OS. The lowest BCUT2D eigenvalue weighted by Gasteiger charge is -2.24. The summed E-state index contributed by atoms with van der Waals surface area (Å²) in [6, 6.07) is 8.45. The smallest absolute Gasteiger partial charge is 0.122 e. The molecule has 0 aromatic carbocycles. The van der Waals surface area contributed by atoms with Crippen molar-refractivity contribution in [1.29, 1.82) is 0 Å². The molecule has 98 valence electrons. The number of hydrogen-bond acceptors (Lipinski definition) is 4. The molecule has 1 atom stereocenters. The van der Waals surface area contributed by atoms with E-state index in [4.69, 9.17) is 10.2 Å². The van der Waals surface area contributed by atoms with Gasteiger partial charge in [-0.1, -0.05) is 13.0 Å². The second kappa shape index (κ2) is 6.18. The van der Waals surface area contributed by atoms with E-state index in [1.807, 2.05) is 12.1 Å². The Morgan fingerprint density at radius 3 is 2.78 bits per heavy atom. The van der Waals surface area contributed by atoms with Crippen molar-refractivity contribution in [2.45, 2.75) is 25.9 Å². The Hall–Kier alpha value is -1.10. The summed E-state index contributed by atoms with van der Waals surface area (Å²) in [7, 11) is 2.09. The van der Waals surface area contributed by atoms with Gasteiger partial charge in [-0.25, -0.2) is 0 Å². The van der Waals surface area contributed by atoms with E-state index in [2.05, 4.69) is 36.4 Å². The summed E-state index contributed by atoms with van der Waals surface area (Å²) in [4.78, 5) is 3.59. The van der Waals surface area contributed by atoms with Crippen molar-refractivity contribution in [1.82, 2.24) is 4.90 Å². The van der Waals surface area contributed by atoms with E-state index in [-0.39, 0.29) is 6.04 Å². The molecule has 3 nitrogen and oxygen atoms in total. The van der Waals surface area contributed by atoms with E-state index in [1.165, 1.54) is 4.88 Å². The van der Waals surface area contributed by atoms with Gasteiger partial charge in [0, 0.05) is 24.4 Å². The molecule has 2 aromatic heterocycles. The Morgan fingerprint density at radius 2 is 2.22 bits per heavy atom. The Kier molecular flexibility index (Phi) is 4.58. The molecule has 0 saturated carbocycles. The van der Waals surface area contributed by atoms with Crippen LogP contribution in [-0.2, 0) is 13.0 Å². The van der Waals surface area contributed by atoms with Gasteiger partial charge >= 0.3 is 0 Å². The summed E-state index contributed by atoms with van der Waals surface area (Å²) in [5, 5.41) is 2.10. The summed E-state index contributed by atoms with van der Waals surface area (Å²) < 4.78 is 5.81. The van der Waals surface area contributed by atoms with Crippen LogP contribution in [0.1, 0.15) is 29.4 Å². The van der Waals surface area contributed by atoms with Gasteiger partial charge in [0.1, 0.15) is 11.5 Å². The number of aryl methyl sites for hydroxylation is 1. The largest absolute Gasteiger partial charge is 0.464 e. The number of thiophene rings is 1. The van der Waals surface area contributed by atoms with E-state index >= 15 is 0 Å². The van der Waals surface area contributed by atoms with Crippen molar-refractivity contribution >= 4 is 11.3 Å². The highest BCUT2D eigenvalue weighted by Crippen LogP contribution is 2.23. The predicted molar refractivity (Wildman–Crippen MR) is 75.7 cm³/mol. The van der Waals surface area contributed by atoms with E-state index in [1.54, 1.807) is 11.3 Å². The molecule has 0 bridgehead atoms. The average molecular weight is 264 g/mol. The molecule has 2 aromatic rings. The number of furan rings is 1. The molecule has 0 fully saturated rings. The van der Waals surface area contributed by atoms with Crippen LogP contribution < -0.4 is 5.73 Å². The van der Waals surface area contributed by atoms with Crippen LogP contribution in [0.4, 0.5) is 0 Å². The van der Waals surface area contributed by atoms with Crippen LogP contribution >= 0.6 is 11.3 Å². The van der Waals surface area contributed by atoms with Crippen LogP contribution in [0.15, 0.2) is 34.1 Å². The maximum Gasteiger partial charge on any atom is 0.122 e. The van der Waals surface area contributed by atoms with Crippen molar-refractivity contribution in [2.24, 2.45) is 5.73 Å². The number of nitrogens with zero attached hydrogens (tertiary/aromatic N) is 1. The standard InChI is InChI=1S/C14H20N2OS/c1-3-11-6-7-14(17-11)13(9-15)16(2)10-12-5-4-8-18-12/h4-8,13H,3,9-10,15H2,1-2H3. The Labute approximate surface area is 112 Å². The Balaban J connectivity index is 2.07. The molecule has 2 N–H and O–H groups in total. The second-order valence-electron chi connectivity index (χ2n) is 4.40. The maximum absolute atomic E-state index is 5.89. The van der Waals surface area contributed by atoms with E-state index in [0.29, 0.717) is 6.54 Å². The lowest BCUT2D eigenvalue weighted by Crippen LogP contribution is -2.29. The molecule has 0 amide bonds. The molecule has 2 rings (SSSR count). The monoisotopic (exact) mass is 264 g/mol. The van der Waals surface area contributed by atoms with Crippen molar-refractivity contribution in [3.05, 3.63) is 46.0 Å². The molecule has 4 heteroatoms. The molecule has 0 aliphatic carbocycles. The van der Waals surface area contributed by atoms with Gasteiger partial charge in [-0.2, -0.15) is 0 Å². The highest BCUT2D eigenvalue weighted by molar-refractivity contribution is 7.09. The number of nitrogens with two attached hydrogens (primary N) is 1. The van der Waals surface area contributed by atoms with Gasteiger partial charge in [-0.15, -0.1) is 11.3 Å². The molecule has 0 radical (unpaired) electrons. The second-order valence-corrected chi connectivity index (χ2v) is 5.44. The first kappa shape index (κ1) is 13.3. The fraction of sp³-hybridized carbons (Fsp3) is 0.429. The zero-order valence-corrected chi connectivity index (χ0v) is 11.7. The molecule has 0 saturated heterocycles. The van der Waals surface area contributed by atoms with Gasteiger partial charge < -0.3 is 10.2 Å². The summed E-state index contributed by atoms with van der Waals surface area (Å²) in [6.45, 7) is 3.57. The predicted octanol–water partition coefficient (Wildman–Crippen LogP) is 3.04. The molecule has 0 aliphatic heterocycles. The first-order chi connectivity index (χ1) is 8.74. The first-order valence-electron chi connectivity index (χ1n) is 6.26. The van der Waals surface area contributed by atoms with Gasteiger partial charge in [0.25, 0.3) is 0 Å². The van der Waals surface area contributed by atoms with Gasteiger partial charge in [-0.3, -0.25) is 4.90 Å². The highest BCUT2D eigenvalue weighted by atomic mass is 32.1. The van der Waals surface area contributed by atoms with E-state index in [9.17, 15) is 0 Å². The number of likely N-dealkylation sites (N-methyl/N-ethyl adjacent to an activating group) is 1. The number of rotatable bonds is 6. The van der Waals surface area contributed by atoms with Crippen molar-refractivity contribution in [3.63, 3.8) is 0 Å². The third-order valence-corrected chi connectivity index (χ3v) is 3.96. The van der Waals surface area contributed by atoms with Gasteiger partial charge in [0.2, 0.25) is 0 Å². The van der Waals surface area contributed by atoms with Crippen LogP contribution in [0.3, 0.4) is 0 Å². The first-order valence-corrected chi connectivity index (χ1v) is 7.13. The molecular weight excluding hydrogens is 244 g/mol. The zero-order valence-electron chi connectivity index (χ0n) is 10.9. The van der Waals surface area contributed by atoms with Crippen LogP contribution in [0.5, 0.6) is 0 Å². The lowest BCUT2D eigenvalue weighted by molar-refractivity contribution is 0.212. The average Bonchev–Trinajstić information content (AvgIpc) is 3.01. The fourth-order valence-corrected chi connectivity index (χ4v) is 2.80. The van der Waals surface area contributed by atoms with Crippen LogP contribution in [0.2, 0.25) is 0 Å².